The maximum atomic E-state index is 12.7. The van der Waals surface area contributed by atoms with Crippen molar-refractivity contribution in [2.24, 2.45) is 17.1 Å². The zero-order chi connectivity index (χ0) is 14.5. The summed E-state index contributed by atoms with van der Waals surface area (Å²) in [6, 6.07) is 0. The predicted octanol–water partition coefficient (Wildman–Crippen LogP) is 1.82. The summed E-state index contributed by atoms with van der Waals surface area (Å²) in [5.41, 5.74) is 5.24. The Morgan fingerprint density at radius 1 is 1.47 bits per heavy atom. The molecule has 0 aromatic rings. The summed E-state index contributed by atoms with van der Waals surface area (Å²) in [7, 11) is 0. The molecule has 1 heterocycles. The van der Waals surface area contributed by atoms with Crippen LogP contribution >= 0.6 is 0 Å². The Hall–Kier alpha value is -0.610. The summed E-state index contributed by atoms with van der Waals surface area (Å²) in [6.45, 7) is 11.1. The fraction of sp³-hybridized carbons (Fsp3) is 0.933. The van der Waals surface area contributed by atoms with Crippen molar-refractivity contribution < 1.29 is 9.53 Å². The summed E-state index contributed by atoms with van der Waals surface area (Å²) in [5.74, 6) is 0.155. The van der Waals surface area contributed by atoms with Crippen molar-refractivity contribution in [3.05, 3.63) is 0 Å². The fourth-order valence-electron chi connectivity index (χ4n) is 3.94. The van der Waals surface area contributed by atoms with Gasteiger partial charge in [-0.2, -0.15) is 0 Å². The van der Waals surface area contributed by atoms with Crippen molar-refractivity contribution in [2.45, 2.75) is 71.1 Å². The first-order chi connectivity index (χ1) is 8.67. The van der Waals surface area contributed by atoms with Crippen molar-refractivity contribution in [3.8, 4) is 0 Å². The third-order valence-corrected chi connectivity index (χ3v) is 5.16. The lowest BCUT2D eigenvalue weighted by molar-refractivity contribution is -0.176. The summed E-state index contributed by atoms with van der Waals surface area (Å²) in [5, 5.41) is 3.15. The number of rotatable bonds is 4. The van der Waals surface area contributed by atoms with E-state index >= 15 is 0 Å². The van der Waals surface area contributed by atoms with Gasteiger partial charge in [0, 0.05) is 23.5 Å². The molecule has 4 heteroatoms. The van der Waals surface area contributed by atoms with Crippen molar-refractivity contribution in [1.82, 2.24) is 5.32 Å². The van der Waals surface area contributed by atoms with Crippen LogP contribution in [-0.4, -0.2) is 29.7 Å². The smallest absolute Gasteiger partial charge is 0.241 e. The summed E-state index contributed by atoms with van der Waals surface area (Å²) in [4.78, 5) is 12.7. The van der Waals surface area contributed by atoms with Crippen LogP contribution in [0.5, 0.6) is 0 Å². The monoisotopic (exact) mass is 268 g/mol. The summed E-state index contributed by atoms with van der Waals surface area (Å²) in [6.07, 6.45) is 3.03. The first kappa shape index (κ1) is 14.8. The van der Waals surface area contributed by atoms with E-state index in [-0.39, 0.29) is 28.9 Å². The van der Waals surface area contributed by atoms with E-state index in [9.17, 15) is 4.79 Å². The Kier molecular flexibility index (Phi) is 3.47. The quantitative estimate of drug-likeness (QED) is 0.817. The molecule has 1 saturated heterocycles. The first-order valence-corrected chi connectivity index (χ1v) is 7.40. The van der Waals surface area contributed by atoms with Gasteiger partial charge < -0.3 is 15.8 Å². The first-order valence-electron chi connectivity index (χ1n) is 7.40. The zero-order valence-corrected chi connectivity index (χ0v) is 12.9. The Labute approximate surface area is 116 Å². The van der Waals surface area contributed by atoms with Crippen molar-refractivity contribution in [1.29, 1.82) is 0 Å². The van der Waals surface area contributed by atoms with Gasteiger partial charge in [-0.1, -0.05) is 27.2 Å². The van der Waals surface area contributed by atoms with E-state index < -0.39 is 5.54 Å². The van der Waals surface area contributed by atoms with E-state index in [2.05, 4.69) is 26.1 Å². The van der Waals surface area contributed by atoms with Crippen LogP contribution in [0.3, 0.4) is 0 Å². The van der Waals surface area contributed by atoms with Gasteiger partial charge in [-0.3, -0.25) is 4.79 Å². The lowest BCUT2D eigenvalue weighted by Crippen LogP contribution is -2.81. The average molecular weight is 268 g/mol. The van der Waals surface area contributed by atoms with Crippen LogP contribution in [0, 0.1) is 11.3 Å². The van der Waals surface area contributed by atoms with Gasteiger partial charge in [0.2, 0.25) is 5.91 Å². The van der Waals surface area contributed by atoms with E-state index in [1.54, 1.807) is 0 Å². The van der Waals surface area contributed by atoms with E-state index in [1.165, 1.54) is 0 Å². The second kappa shape index (κ2) is 4.45. The second-order valence-corrected chi connectivity index (χ2v) is 7.37. The molecule has 0 aromatic carbocycles. The summed E-state index contributed by atoms with van der Waals surface area (Å²) < 4.78 is 5.73. The lowest BCUT2D eigenvalue weighted by atomic mass is 9.48. The zero-order valence-electron chi connectivity index (χ0n) is 12.9. The van der Waals surface area contributed by atoms with Crippen LogP contribution in [0.4, 0.5) is 0 Å². The average Bonchev–Trinajstić information content (AvgIpc) is 2.74. The molecule has 0 bridgehead atoms. The minimum atomic E-state index is -0.792. The van der Waals surface area contributed by atoms with Crippen molar-refractivity contribution in [3.63, 3.8) is 0 Å². The molecule has 0 radical (unpaired) electrons. The Morgan fingerprint density at radius 3 is 2.68 bits per heavy atom. The molecular formula is C15H28N2O2. The molecule has 2 aliphatic rings. The maximum Gasteiger partial charge on any atom is 0.241 e. The minimum Gasteiger partial charge on any atom is -0.377 e. The van der Waals surface area contributed by atoms with Gasteiger partial charge in [0.1, 0.15) is 5.54 Å². The Morgan fingerprint density at radius 2 is 2.11 bits per heavy atom. The number of ether oxygens (including phenoxy) is 1. The molecule has 0 spiro atoms. The highest BCUT2D eigenvalue weighted by atomic mass is 16.5. The molecule has 1 amide bonds. The largest absolute Gasteiger partial charge is 0.377 e. The van der Waals surface area contributed by atoms with Gasteiger partial charge in [-0.25, -0.2) is 0 Å². The molecular weight excluding hydrogens is 240 g/mol. The molecule has 4 nitrogen and oxygen atoms in total. The van der Waals surface area contributed by atoms with Crippen LogP contribution in [0.1, 0.15) is 53.9 Å². The number of carbonyl (C=O) groups is 1. The number of amides is 1. The van der Waals surface area contributed by atoms with Crippen LogP contribution in [0.25, 0.3) is 0 Å². The van der Waals surface area contributed by atoms with Crippen LogP contribution < -0.4 is 11.1 Å². The van der Waals surface area contributed by atoms with E-state index in [4.69, 9.17) is 10.5 Å². The molecule has 2 fully saturated rings. The van der Waals surface area contributed by atoms with Crippen LogP contribution in [0.2, 0.25) is 0 Å². The van der Waals surface area contributed by atoms with Gasteiger partial charge in [-0.15, -0.1) is 0 Å². The van der Waals surface area contributed by atoms with Gasteiger partial charge in [0.15, 0.2) is 0 Å². The van der Waals surface area contributed by atoms with Crippen molar-refractivity contribution in [2.75, 3.05) is 6.61 Å². The molecule has 110 valence electrons. The SMILES string of the molecule is CCCC(C)(C)NC(=O)C1(N)C2CCOC2C1(C)C. The molecule has 1 aliphatic carbocycles. The number of nitrogens with one attached hydrogen (secondary N) is 1. The van der Waals surface area contributed by atoms with Crippen LogP contribution in [-0.2, 0) is 9.53 Å². The topological polar surface area (TPSA) is 64.4 Å². The fourth-order valence-corrected chi connectivity index (χ4v) is 3.94. The Bertz CT molecular complexity index is 378. The molecule has 1 saturated carbocycles. The van der Waals surface area contributed by atoms with Gasteiger partial charge in [0.05, 0.1) is 6.10 Å². The van der Waals surface area contributed by atoms with E-state index in [1.807, 2.05) is 13.8 Å². The molecule has 1 aliphatic heterocycles. The Balaban J connectivity index is 2.14. The highest BCUT2D eigenvalue weighted by Gasteiger charge is 2.71. The molecule has 3 unspecified atom stereocenters. The van der Waals surface area contributed by atoms with E-state index in [0.717, 1.165) is 25.9 Å². The third kappa shape index (κ3) is 2.00. The molecule has 2 rings (SSSR count). The van der Waals surface area contributed by atoms with Gasteiger partial charge >= 0.3 is 0 Å². The highest BCUT2D eigenvalue weighted by molar-refractivity contribution is 5.90. The van der Waals surface area contributed by atoms with Crippen LogP contribution in [0.15, 0.2) is 0 Å². The number of carbonyl (C=O) groups excluding carboxylic acids is 1. The van der Waals surface area contributed by atoms with E-state index in [0.29, 0.717) is 0 Å². The third-order valence-electron chi connectivity index (χ3n) is 5.16. The maximum absolute atomic E-state index is 12.7. The number of nitrogens with two attached hydrogens (primary N) is 1. The molecule has 3 N–H and O–H groups in total. The predicted molar refractivity (Wildman–Crippen MR) is 75.7 cm³/mol. The van der Waals surface area contributed by atoms with Crippen molar-refractivity contribution >= 4 is 5.91 Å². The molecule has 3 atom stereocenters. The minimum absolute atomic E-state index is 0.0114. The highest BCUT2D eigenvalue weighted by Crippen LogP contribution is 2.58. The number of hydrogen-bond donors (Lipinski definition) is 2. The lowest BCUT2D eigenvalue weighted by Gasteiger charge is -2.61. The van der Waals surface area contributed by atoms with Gasteiger partial charge in [0.25, 0.3) is 0 Å². The number of fused-ring (bicyclic) bond motifs is 1. The standard InChI is InChI=1S/C15H28N2O2/c1-6-8-13(2,3)17-12(18)15(16)10-7-9-19-11(10)14(15,4)5/h10-11H,6-9,16H2,1-5H3,(H,17,18). The normalized spacial score (nSPS) is 36.5. The molecule has 19 heavy (non-hydrogen) atoms. The van der Waals surface area contributed by atoms with Gasteiger partial charge in [-0.05, 0) is 26.7 Å². The number of hydrogen-bond acceptors (Lipinski definition) is 3. The summed E-state index contributed by atoms with van der Waals surface area (Å²) >= 11 is 0. The second-order valence-electron chi connectivity index (χ2n) is 7.37. The molecule has 0 aromatic heterocycles.